The summed E-state index contributed by atoms with van der Waals surface area (Å²) in [6, 6.07) is 15.9. The molecule has 0 aliphatic rings. The Morgan fingerprint density at radius 3 is 2.64 bits per heavy atom. The smallest absolute Gasteiger partial charge is 0.259 e. The highest BCUT2D eigenvalue weighted by Crippen LogP contribution is 2.21. The third-order valence-corrected chi connectivity index (χ3v) is 4.63. The molecule has 1 heterocycles. The second-order valence-corrected chi connectivity index (χ2v) is 6.83. The van der Waals surface area contributed by atoms with Crippen molar-refractivity contribution in [3.63, 3.8) is 0 Å². The first-order valence-corrected chi connectivity index (χ1v) is 9.04. The van der Waals surface area contributed by atoms with Crippen LogP contribution in [0.1, 0.15) is 34.1 Å². The number of halogens is 1. The van der Waals surface area contributed by atoms with E-state index in [1.807, 2.05) is 54.9 Å². The topological polar surface area (TPSA) is 46.9 Å². The number of benzene rings is 2. The molecule has 0 atom stereocenters. The zero-order chi connectivity index (χ0) is 17.8. The number of amides is 1. The van der Waals surface area contributed by atoms with Gasteiger partial charge < -0.3 is 5.32 Å². The van der Waals surface area contributed by atoms with Crippen LogP contribution in [0.5, 0.6) is 0 Å². The van der Waals surface area contributed by atoms with Crippen molar-refractivity contribution in [1.82, 2.24) is 9.78 Å². The molecule has 128 valence electrons. The van der Waals surface area contributed by atoms with Crippen LogP contribution in [0.15, 0.2) is 59.2 Å². The summed E-state index contributed by atoms with van der Waals surface area (Å²) in [5.41, 5.74) is 4.55. The molecule has 3 aromatic rings. The van der Waals surface area contributed by atoms with Gasteiger partial charge in [-0.2, -0.15) is 5.10 Å². The molecule has 0 saturated heterocycles. The van der Waals surface area contributed by atoms with E-state index >= 15 is 0 Å². The van der Waals surface area contributed by atoms with Gasteiger partial charge in [-0.15, -0.1) is 0 Å². The van der Waals surface area contributed by atoms with E-state index < -0.39 is 0 Å². The fraction of sp³-hybridized carbons (Fsp3) is 0.200. The van der Waals surface area contributed by atoms with E-state index in [2.05, 4.69) is 38.5 Å². The quantitative estimate of drug-likeness (QED) is 0.670. The summed E-state index contributed by atoms with van der Waals surface area (Å²) in [5, 5.41) is 7.42. The van der Waals surface area contributed by atoms with E-state index in [1.54, 1.807) is 6.20 Å². The van der Waals surface area contributed by atoms with Crippen molar-refractivity contribution in [3.8, 4) is 0 Å². The minimum Gasteiger partial charge on any atom is -0.322 e. The average molecular weight is 398 g/mol. The number of hydrogen-bond donors (Lipinski definition) is 1. The highest BCUT2D eigenvalue weighted by Gasteiger charge is 2.17. The second-order valence-electron chi connectivity index (χ2n) is 5.92. The van der Waals surface area contributed by atoms with E-state index in [4.69, 9.17) is 0 Å². The van der Waals surface area contributed by atoms with E-state index in [0.717, 1.165) is 33.4 Å². The van der Waals surface area contributed by atoms with E-state index in [1.165, 1.54) is 0 Å². The van der Waals surface area contributed by atoms with Gasteiger partial charge in [0.05, 0.1) is 24.0 Å². The maximum atomic E-state index is 12.7. The lowest BCUT2D eigenvalue weighted by molar-refractivity contribution is 0.102. The lowest BCUT2D eigenvalue weighted by Gasteiger charge is -2.10. The summed E-state index contributed by atoms with van der Waals surface area (Å²) in [6.45, 7) is 4.68. The molecule has 4 nitrogen and oxygen atoms in total. The van der Waals surface area contributed by atoms with Crippen molar-refractivity contribution in [2.45, 2.75) is 26.8 Å². The van der Waals surface area contributed by atoms with Gasteiger partial charge >= 0.3 is 0 Å². The minimum atomic E-state index is -0.124. The van der Waals surface area contributed by atoms with Crippen LogP contribution in [-0.2, 0) is 13.0 Å². The van der Waals surface area contributed by atoms with E-state index in [9.17, 15) is 4.79 Å². The molecule has 0 aliphatic heterocycles. The van der Waals surface area contributed by atoms with Gasteiger partial charge in [0.2, 0.25) is 0 Å². The number of hydrogen-bond acceptors (Lipinski definition) is 2. The monoisotopic (exact) mass is 397 g/mol. The maximum Gasteiger partial charge on any atom is 0.259 e. The molecule has 0 saturated carbocycles. The van der Waals surface area contributed by atoms with Gasteiger partial charge in [0.15, 0.2) is 0 Å². The Hall–Kier alpha value is -2.40. The van der Waals surface area contributed by atoms with Gasteiger partial charge in [0, 0.05) is 10.2 Å². The first kappa shape index (κ1) is 17.4. The zero-order valence-corrected chi connectivity index (χ0v) is 15.9. The number of rotatable bonds is 5. The van der Waals surface area contributed by atoms with Crippen molar-refractivity contribution < 1.29 is 4.79 Å². The number of aryl methyl sites for hydroxylation is 1. The van der Waals surface area contributed by atoms with E-state index in [-0.39, 0.29) is 5.91 Å². The second kappa shape index (κ2) is 7.66. The predicted octanol–water partition coefficient (Wildman–Crippen LogP) is 4.82. The molecule has 2 aromatic carbocycles. The molecule has 1 amide bonds. The molecule has 0 bridgehead atoms. The summed E-state index contributed by atoms with van der Waals surface area (Å²) >= 11 is 3.44. The number of aromatic nitrogens is 2. The Balaban J connectivity index is 1.83. The van der Waals surface area contributed by atoms with Crippen LogP contribution in [0.4, 0.5) is 5.69 Å². The molecule has 0 spiro atoms. The third kappa shape index (κ3) is 3.99. The number of nitrogens with zero attached hydrogens (tertiary/aromatic N) is 2. The fourth-order valence-corrected chi connectivity index (χ4v) is 3.30. The van der Waals surface area contributed by atoms with Crippen LogP contribution in [0.3, 0.4) is 0 Å². The van der Waals surface area contributed by atoms with Gasteiger partial charge in [-0.25, -0.2) is 0 Å². The standard InChI is InChI=1S/C20H20BrN3O/c1-3-19-17(12-22-24(19)13-15-7-5-4-6-8-15)20(25)23-18-10-9-16(21)11-14(18)2/h4-12H,3,13H2,1-2H3,(H,23,25). The highest BCUT2D eigenvalue weighted by molar-refractivity contribution is 9.10. The van der Waals surface area contributed by atoms with Gasteiger partial charge in [-0.3, -0.25) is 9.48 Å². The molecule has 5 heteroatoms. The molecule has 1 N–H and O–H groups in total. The fourth-order valence-electron chi connectivity index (χ4n) is 2.82. The summed E-state index contributed by atoms with van der Waals surface area (Å²) in [6.07, 6.45) is 2.40. The highest BCUT2D eigenvalue weighted by atomic mass is 79.9. The molecule has 1 aromatic heterocycles. The number of anilines is 1. The molecule has 25 heavy (non-hydrogen) atoms. The van der Waals surface area contributed by atoms with Gasteiger partial charge in [-0.05, 0) is 42.7 Å². The predicted molar refractivity (Wildman–Crippen MR) is 104 cm³/mol. The third-order valence-electron chi connectivity index (χ3n) is 4.14. The first-order chi connectivity index (χ1) is 12.1. The van der Waals surface area contributed by atoms with Crippen LogP contribution in [0.25, 0.3) is 0 Å². The lowest BCUT2D eigenvalue weighted by atomic mass is 10.1. The van der Waals surface area contributed by atoms with Crippen LogP contribution in [0, 0.1) is 6.92 Å². The first-order valence-electron chi connectivity index (χ1n) is 8.24. The normalized spacial score (nSPS) is 10.7. The van der Waals surface area contributed by atoms with Gasteiger partial charge in [-0.1, -0.05) is 53.2 Å². The lowest BCUT2D eigenvalue weighted by Crippen LogP contribution is -2.15. The Morgan fingerprint density at radius 1 is 1.20 bits per heavy atom. The Kier molecular flexibility index (Phi) is 5.34. The Bertz CT molecular complexity index is 887. The van der Waals surface area contributed by atoms with Crippen LogP contribution in [0.2, 0.25) is 0 Å². The van der Waals surface area contributed by atoms with Gasteiger partial charge in [0.25, 0.3) is 5.91 Å². The molecule has 0 radical (unpaired) electrons. The SMILES string of the molecule is CCc1c(C(=O)Nc2ccc(Br)cc2C)cnn1Cc1ccccc1. The summed E-state index contributed by atoms with van der Waals surface area (Å²) in [7, 11) is 0. The molecule has 0 fully saturated rings. The molecular weight excluding hydrogens is 378 g/mol. The van der Waals surface area contributed by atoms with Crippen molar-refractivity contribution in [3.05, 3.63) is 81.6 Å². The van der Waals surface area contributed by atoms with E-state index in [0.29, 0.717) is 12.1 Å². The molecule has 0 unspecified atom stereocenters. The van der Waals surface area contributed by atoms with Crippen molar-refractivity contribution >= 4 is 27.5 Å². The van der Waals surface area contributed by atoms with Crippen LogP contribution < -0.4 is 5.32 Å². The largest absolute Gasteiger partial charge is 0.322 e. The molecule has 3 rings (SSSR count). The number of carbonyl (C=O) groups is 1. The Morgan fingerprint density at radius 2 is 1.96 bits per heavy atom. The van der Waals surface area contributed by atoms with Crippen molar-refractivity contribution in [2.75, 3.05) is 5.32 Å². The summed E-state index contributed by atoms with van der Waals surface area (Å²) < 4.78 is 2.89. The zero-order valence-electron chi connectivity index (χ0n) is 14.3. The minimum absolute atomic E-state index is 0.124. The van der Waals surface area contributed by atoms with Crippen LogP contribution >= 0.6 is 15.9 Å². The van der Waals surface area contributed by atoms with Crippen molar-refractivity contribution in [2.24, 2.45) is 0 Å². The van der Waals surface area contributed by atoms with Crippen molar-refractivity contribution in [1.29, 1.82) is 0 Å². The number of carbonyl (C=O) groups excluding carboxylic acids is 1. The molecular formula is C20H20BrN3O. The number of nitrogens with one attached hydrogen (secondary N) is 1. The summed E-state index contributed by atoms with van der Waals surface area (Å²) in [5.74, 6) is -0.124. The Labute approximate surface area is 156 Å². The average Bonchev–Trinajstić information content (AvgIpc) is 3.01. The maximum absolute atomic E-state index is 12.7. The van der Waals surface area contributed by atoms with Crippen LogP contribution in [-0.4, -0.2) is 15.7 Å². The van der Waals surface area contributed by atoms with Gasteiger partial charge in [0.1, 0.15) is 0 Å². The summed E-state index contributed by atoms with van der Waals surface area (Å²) in [4.78, 5) is 12.7. The molecule has 0 aliphatic carbocycles.